The number of hydrogen-bond donors (Lipinski definition) is 4. The SMILES string of the molecule is COc1ccc(C(=O)NC2C(=O)NC(SCc3ccccc3F)NC2N)cc1OC. The van der Waals surface area contributed by atoms with E-state index in [0.29, 0.717) is 28.4 Å². The molecule has 0 bridgehead atoms. The molecule has 5 N–H and O–H groups in total. The van der Waals surface area contributed by atoms with Gasteiger partial charge in [0.05, 0.1) is 20.4 Å². The molecule has 10 heteroatoms. The second-order valence-electron chi connectivity index (χ2n) is 6.50. The topological polar surface area (TPSA) is 115 Å². The summed E-state index contributed by atoms with van der Waals surface area (Å²) in [5.41, 5.74) is 6.37. The van der Waals surface area contributed by atoms with Gasteiger partial charge in [0.1, 0.15) is 17.4 Å². The van der Waals surface area contributed by atoms with Crippen molar-refractivity contribution in [1.29, 1.82) is 0 Å². The number of ether oxygens (including phenoxy) is 2. The van der Waals surface area contributed by atoms with E-state index in [4.69, 9.17) is 15.2 Å². The van der Waals surface area contributed by atoms with E-state index >= 15 is 0 Å². The Morgan fingerprint density at radius 3 is 2.60 bits per heavy atom. The van der Waals surface area contributed by atoms with Crippen LogP contribution in [0.4, 0.5) is 4.39 Å². The maximum Gasteiger partial charge on any atom is 0.252 e. The quantitative estimate of drug-likeness (QED) is 0.517. The summed E-state index contributed by atoms with van der Waals surface area (Å²) in [6, 6.07) is 10.1. The van der Waals surface area contributed by atoms with Crippen LogP contribution in [0.15, 0.2) is 42.5 Å². The predicted molar refractivity (Wildman–Crippen MR) is 112 cm³/mol. The lowest BCUT2D eigenvalue weighted by Crippen LogP contribution is -2.70. The highest BCUT2D eigenvalue weighted by Crippen LogP contribution is 2.27. The van der Waals surface area contributed by atoms with Crippen molar-refractivity contribution < 1.29 is 23.5 Å². The van der Waals surface area contributed by atoms with Crippen molar-refractivity contribution in [2.45, 2.75) is 23.5 Å². The molecule has 1 saturated heterocycles. The number of thioether (sulfide) groups is 1. The third-order valence-electron chi connectivity index (χ3n) is 4.55. The highest BCUT2D eigenvalue weighted by Gasteiger charge is 2.35. The fourth-order valence-corrected chi connectivity index (χ4v) is 3.96. The molecule has 1 aliphatic heterocycles. The molecule has 0 saturated carbocycles. The van der Waals surface area contributed by atoms with E-state index in [-0.39, 0.29) is 5.82 Å². The van der Waals surface area contributed by atoms with Gasteiger partial charge in [0.25, 0.3) is 5.91 Å². The normalized spacial score (nSPS) is 20.9. The minimum absolute atomic E-state index is 0.295. The number of carbonyl (C=O) groups is 2. The van der Waals surface area contributed by atoms with Gasteiger partial charge in [0.2, 0.25) is 5.91 Å². The standard InChI is InChI=1S/C20H23FN4O4S/c1-28-14-8-7-11(9-15(14)29-2)18(26)23-16-17(22)24-20(25-19(16)27)30-10-12-5-3-4-6-13(12)21/h3-9,16-17,20,24H,10,22H2,1-2H3,(H,23,26)(H,25,27). The van der Waals surface area contributed by atoms with E-state index in [1.54, 1.807) is 30.3 Å². The van der Waals surface area contributed by atoms with Gasteiger partial charge in [0.15, 0.2) is 11.5 Å². The van der Waals surface area contributed by atoms with Gasteiger partial charge >= 0.3 is 0 Å². The van der Waals surface area contributed by atoms with E-state index in [0.717, 1.165) is 0 Å². The third kappa shape index (κ3) is 5.02. The predicted octanol–water partition coefficient (Wildman–Crippen LogP) is 1.16. The van der Waals surface area contributed by atoms with Gasteiger partial charge in [-0.05, 0) is 29.8 Å². The smallest absolute Gasteiger partial charge is 0.252 e. The Kier molecular flexibility index (Phi) is 7.14. The molecule has 2 aromatic rings. The number of benzene rings is 2. The second kappa shape index (κ2) is 9.79. The van der Waals surface area contributed by atoms with E-state index in [1.807, 2.05) is 0 Å². The van der Waals surface area contributed by atoms with Crippen LogP contribution >= 0.6 is 11.8 Å². The average molecular weight is 434 g/mol. The molecule has 2 amide bonds. The minimum atomic E-state index is -0.976. The van der Waals surface area contributed by atoms with E-state index < -0.39 is 29.5 Å². The van der Waals surface area contributed by atoms with Crippen molar-refractivity contribution in [2.75, 3.05) is 14.2 Å². The Bertz CT molecular complexity index is 929. The number of halogens is 1. The van der Waals surface area contributed by atoms with Crippen molar-refractivity contribution in [1.82, 2.24) is 16.0 Å². The van der Waals surface area contributed by atoms with Crippen molar-refractivity contribution in [2.24, 2.45) is 5.73 Å². The number of amides is 2. The fourth-order valence-electron chi connectivity index (χ4n) is 2.93. The lowest BCUT2D eigenvalue weighted by Gasteiger charge is -2.35. The minimum Gasteiger partial charge on any atom is -0.493 e. The van der Waals surface area contributed by atoms with Crippen molar-refractivity contribution in [3.05, 3.63) is 59.4 Å². The van der Waals surface area contributed by atoms with Crippen LogP contribution in [0.25, 0.3) is 0 Å². The second-order valence-corrected chi connectivity index (χ2v) is 7.60. The highest BCUT2D eigenvalue weighted by atomic mass is 32.2. The molecule has 1 fully saturated rings. The van der Waals surface area contributed by atoms with Gasteiger partial charge in [-0.2, -0.15) is 0 Å². The van der Waals surface area contributed by atoms with Gasteiger partial charge in [0, 0.05) is 11.3 Å². The molecule has 3 atom stereocenters. The zero-order valence-corrected chi connectivity index (χ0v) is 17.3. The third-order valence-corrected chi connectivity index (χ3v) is 5.62. The number of hydrogen-bond acceptors (Lipinski definition) is 7. The molecule has 30 heavy (non-hydrogen) atoms. The lowest BCUT2D eigenvalue weighted by atomic mass is 10.1. The Hall–Kier alpha value is -2.82. The zero-order chi connectivity index (χ0) is 21.7. The monoisotopic (exact) mass is 434 g/mol. The van der Waals surface area contributed by atoms with Crippen LogP contribution in [-0.4, -0.2) is 43.7 Å². The molecule has 0 spiro atoms. The van der Waals surface area contributed by atoms with Gasteiger partial charge in [-0.3, -0.25) is 14.9 Å². The van der Waals surface area contributed by atoms with E-state index in [1.165, 1.54) is 38.1 Å². The summed E-state index contributed by atoms with van der Waals surface area (Å²) in [5.74, 6) is 0.00579. The molecule has 0 radical (unpaired) electrons. The molecule has 1 heterocycles. The van der Waals surface area contributed by atoms with Gasteiger partial charge in [-0.1, -0.05) is 18.2 Å². The van der Waals surface area contributed by atoms with Crippen LogP contribution in [-0.2, 0) is 10.5 Å². The summed E-state index contributed by atoms with van der Waals surface area (Å²) in [7, 11) is 2.96. The van der Waals surface area contributed by atoms with Gasteiger partial charge in [-0.25, -0.2) is 4.39 Å². The molecule has 3 rings (SSSR count). The van der Waals surface area contributed by atoms with Crippen LogP contribution in [0.5, 0.6) is 11.5 Å². The molecule has 0 aliphatic carbocycles. The van der Waals surface area contributed by atoms with Crippen LogP contribution in [0.2, 0.25) is 0 Å². The summed E-state index contributed by atoms with van der Waals surface area (Å²) >= 11 is 1.29. The number of carbonyl (C=O) groups excluding carboxylic acids is 2. The maximum absolute atomic E-state index is 13.8. The fraction of sp³-hybridized carbons (Fsp3) is 0.300. The van der Waals surface area contributed by atoms with Crippen LogP contribution in [0.3, 0.4) is 0 Å². The van der Waals surface area contributed by atoms with Crippen LogP contribution < -0.4 is 31.2 Å². The van der Waals surface area contributed by atoms with Gasteiger partial charge < -0.3 is 25.8 Å². The molecule has 3 unspecified atom stereocenters. The number of methoxy groups -OCH3 is 2. The maximum atomic E-state index is 13.8. The first-order valence-electron chi connectivity index (χ1n) is 9.13. The Morgan fingerprint density at radius 1 is 1.20 bits per heavy atom. The Labute approximate surface area is 177 Å². The molecular weight excluding hydrogens is 411 g/mol. The number of rotatable bonds is 7. The van der Waals surface area contributed by atoms with E-state index in [2.05, 4.69) is 16.0 Å². The van der Waals surface area contributed by atoms with Gasteiger partial charge in [-0.15, -0.1) is 11.8 Å². The highest BCUT2D eigenvalue weighted by molar-refractivity contribution is 7.99. The Morgan fingerprint density at radius 2 is 1.93 bits per heavy atom. The van der Waals surface area contributed by atoms with Crippen LogP contribution in [0, 0.1) is 5.82 Å². The Balaban J connectivity index is 1.60. The summed E-state index contributed by atoms with van der Waals surface area (Å²) in [6.07, 6.45) is -0.819. The van der Waals surface area contributed by atoms with Crippen molar-refractivity contribution in [3.8, 4) is 11.5 Å². The summed E-state index contributed by atoms with van der Waals surface area (Å²) in [4.78, 5) is 25.1. The van der Waals surface area contributed by atoms with Crippen molar-refractivity contribution in [3.63, 3.8) is 0 Å². The van der Waals surface area contributed by atoms with Crippen molar-refractivity contribution >= 4 is 23.6 Å². The zero-order valence-electron chi connectivity index (χ0n) is 16.5. The molecule has 8 nitrogen and oxygen atoms in total. The average Bonchev–Trinajstić information content (AvgIpc) is 2.75. The molecule has 2 aromatic carbocycles. The summed E-state index contributed by atoms with van der Waals surface area (Å²) < 4.78 is 24.1. The first-order chi connectivity index (χ1) is 14.4. The molecule has 160 valence electrons. The number of nitrogens with two attached hydrogens (primary N) is 1. The molecule has 1 aliphatic rings. The number of nitrogens with one attached hydrogen (secondary N) is 3. The molecule has 0 aromatic heterocycles. The first-order valence-corrected chi connectivity index (χ1v) is 10.2. The largest absolute Gasteiger partial charge is 0.493 e. The summed E-state index contributed by atoms with van der Waals surface area (Å²) in [5, 5.41) is 8.37. The van der Waals surface area contributed by atoms with E-state index in [9.17, 15) is 14.0 Å². The van der Waals surface area contributed by atoms with Crippen LogP contribution in [0.1, 0.15) is 15.9 Å². The molecular formula is C20H23FN4O4S. The lowest BCUT2D eigenvalue weighted by molar-refractivity contribution is -0.125. The summed E-state index contributed by atoms with van der Waals surface area (Å²) in [6.45, 7) is 0. The first kappa shape index (κ1) is 21.9.